The molecule has 0 spiro atoms. The van der Waals surface area contributed by atoms with E-state index in [0.29, 0.717) is 12.5 Å². The number of hydrogen-bond donors (Lipinski definition) is 2. The zero-order valence-electron chi connectivity index (χ0n) is 8.43. The van der Waals surface area contributed by atoms with Gasteiger partial charge in [-0.05, 0) is 20.4 Å². The largest absolute Gasteiger partial charge is 0.388 e. The van der Waals surface area contributed by atoms with Crippen molar-refractivity contribution in [2.45, 2.75) is 39.2 Å². The Bertz CT molecular complexity index is 134. The van der Waals surface area contributed by atoms with Gasteiger partial charge in [0.2, 0.25) is 0 Å². The van der Waals surface area contributed by atoms with Gasteiger partial charge in [0.25, 0.3) is 0 Å². The minimum atomic E-state index is 0.283. The van der Waals surface area contributed by atoms with E-state index in [1.165, 1.54) is 12.8 Å². The highest BCUT2D eigenvalue weighted by molar-refractivity contribution is 5.76. The van der Waals surface area contributed by atoms with E-state index in [2.05, 4.69) is 25.8 Å². The second kappa shape index (κ2) is 6.00. The molecule has 0 aliphatic rings. The Balaban J connectivity index is 3.55. The third-order valence-electron chi connectivity index (χ3n) is 2.19. The van der Waals surface area contributed by atoms with Crippen LogP contribution < -0.4 is 5.73 Å². The molecule has 0 aromatic carbocycles. The molecule has 3 heteroatoms. The maximum Gasteiger partial charge on any atom is 0.0918 e. The first-order chi connectivity index (χ1) is 5.57. The van der Waals surface area contributed by atoms with Crippen LogP contribution in [0.2, 0.25) is 0 Å². The summed E-state index contributed by atoms with van der Waals surface area (Å²) >= 11 is 0. The van der Waals surface area contributed by atoms with Crippen molar-refractivity contribution in [2.24, 2.45) is 5.73 Å². The first kappa shape index (κ1) is 11.4. The third kappa shape index (κ3) is 5.13. The molecule has 0 saturated heterocycles. The van der Waals surface area contributed by atoms with E-state index in [9.17, 15) is 0 Å². The van der Waals surface area contributed by atoms with Crippen LogP contribution in [0, 0.1) is 5.41 Å². The second-order valence-electron chi connectivity index (χ2n) is 3.39. The Hall–Kier alpha value is -0.570. The van der Waals surface area contributed by atoms with Crippen molar-refractivity contribution in [3.63, 3.8) is 0 Å². The quantitative estimate of drug-likeness (QED) is 0.469. The smallest absolute Gasteiger partial charge is 0.0918 e. The molecule has 0 aromatic heterocycles. The monoisotopic (exact) mass is 171 g/mol. The lowest BCUT2D eigenvalue weighted by molar-refractivity contribution is 0.251. The topological polar surface area (TPSA) is 53.1 Å². The lowest BCUT2D eigenvalue weighted by Gasteiger charge is -2.23. The van der Waals surface area contributed by atoms with Gasteiger partial charge < -0.3 is 10.6 Å². The van der Waals surface area contributed by atoms with Crippen LogP contribution in [0.3, 0.4) is 0 Å². The molecule has 0 amide bonds. The summed E-state index contributed by atoms with van der Waals surface area (Å²) in [6.07, 6.45) is 3.12. The van der Waals surface area contributed by atoms with Crippen LogP contribution in [0.1, 0.15) is 33.1 Å². The first-order valence-corrected chi connectivity index (χ1v) is 4.61. The van der Waals surface area contributed by atoms with E-state index in [1.54, 1.807) is 0 Å². The van der Waals surface area contributed by atoms with Crippen LogP contribution in [0.25, 0.3) is 0 Å². The average molecular weight is 171 g/mol. The summed E-state index contributed by atoms with van der Waals surface area (Å²) in [5.74, 6) is 0.283. The maximum absolute atomic E-state index is 7.08. The molecular formula is C9H21N3. The molecule has 0 rings (SSSR count). The van der Waals surface area contributed by atoms with Gasteiger partial charge in [0.05, 0.1) is 5.84 Å². The van der Waals surface area contributed by atoms with E-state index in [-0.39, 0.29) is 5.84 Å². The van der Waals surface area contributed by atoms with Gasteiger partial charge in [0.1, 0.15) is 0 Å². The molecule has 3 nitrogen and oxygen atoms in total. The predicted molar refractivity (Wildman–Crippen MR) is 53.5 cm³/mol. The Morgan fingerprint density at radius 3 is 2.58 bits per heavy atom. The molecule has 0 radical (unpaired) electrons. The number of nitrogens with one attached hydrogen (secondary N) is 1. The lowest BCUT2D eigenvalue weighted by atomic mass is 10.1. The molecule has 3 N–H and O–H groups in total. The van der Waals surface area contributed by atoms with Gasteiger partial charge in [0.15, 0.2) is 0 Å². The maximum atomic E-state index is 7.08. The van der Waals surface area contributed by atoms with Crippen molar-refractivity contribution in [2.75, 3.05) is 13.6 Å². The van der Waals surface area contributed by atoms with Gasteiger partial charge in [-0.3, -0.25) is 5.41 Å². The van der Waals surface area contributed by atoms with Gasteiger partial charge in [-0.1, -0.05) is 13.3 Å². The summed E-state index contributed by atoms with van der Waals surface area (Å²) in [5.41, 5.74) is 5.27. The zero-order valence-corrected chi connectivity index (χ0v) is 8.43. The molecule has 0 aromatic rings. The van der Waals surface area contributed by atoms with E-state index < -0.39 is 0 Å². The molecule has 0 heterocycles. The van der Waals surface area contributed by atoms with Crippen LogP contribution in [-0.4, -0.2) is 30.4 Å². The van der Waals surface area contributed by atoms with Crippen LogP contribution in [0.15, 0.2) is 0 Å². The van der Waals surface area contributed by atoms with E-state index in [4.69, 9.17) is 11.1 Å². The Labute approximate surface area is 75.4 Å². The molecule has 1 unspecified atom stereocenters. The Morgan fingerprint density at radius 1 is 1.58 bits per heavy atom. The number of hydrogen-bond acceptors (Lipinski definition) is 2. The highest BCUT2D eigenvalue weighted by atomic mass is 15.1. The Morgan fingerprint density at radius 2 is 2.17 bits per heavy atom. The van der Waals surface area contributed by atoms with Gasteiger partial charge in [-0.2, -0.15) is 0 Å². The average Bonchev–Trinajstić information content (AvgIpc) is 2.00. The van der Waals surface area contributed by atoms with Gasteiger partial charge >= 0.3 is 0 Å². The predicted octanol–water partition coefficient (Wildman–Crippen LogP) is 1.43. The highest BCUT2D eigenvalue weighted by Gasteiger charge is 2.07. The SMILES string of the molecule is CCCC(C)N(C)CCC(=N)N. The lowest BCUT2D eigenvalue weighted by Crippen LogP contribution is -2.31. The van der Waals surface area contributed by atoms with Crippen molar-refractivity contribution in [3.05, 3.63) is 0 Å². The van der Waals surface area contributed by atoms with E-state index >= 15 is 0 Å². The fourth-order valence-corrected chi connectivity index (χ4v) is 1.16. The summed E-state index contributed by atoms with van der Waals surface area (Å²) in [6, 6.07) is 0.606. The van der Waals surface area contributed by atoms with Crippen LogP contribution >= 0.6 is 0 Å². The first-order valence-electron chi connectivity index (χ1n) is 4.61. The minimum absolute atomic E-state index is 0.283. The molecule has 0 bridgehead atoms. The van der Waals surface area contributed by atoms with Crippen molar-refractivity contribution in [1.29, 1.82) is 5.41 Å². The minimum Gasteiger partial charge on any atom is -0.388 e. The van der Waals surface area contributed by atoms with Gasteiger partial charge in [-0.25, -0.2) is 0 Å². The van der Waals surface area contributed by atoms with Crippen molar-refractivity contribution in [3.8, 4) is 0 Å². The van der Waals surface area contributed by atoms with Crippen LogP contribution in [-0.2, 0) is 0 Å². The fourth-order valence-electron chi connectivity index (χ4n) is 1.16. The zero-order chi connectivity index (χ0) is 9.56. The van der Waals surface area contributed by atoms with E-state index in [1.807, 2.05) is 0 Å². The second-order valence-corrected chi connectivity index (χ2v) is 3.39. The van der Waals surface area contributed by atoms with Crippen LogP contribution in [0.5, 0.6) is 0 Å². The molecule has 0 fully saturated rings. The molecule has 72 valence electrons. The third-order valence-corrected chi connectivity index (χ3v) is 2.19. The van der Waals surface area contributed by atoms with Crippen LogP contribution in [0.4, 0.5) is 0 Å². The normalized spacial score (nSPS) is 13.3. The fraction of sp³-hybridized carbons (Fsp3) is 0.889. The van der Waals surface area contributed by atoms with Crippen molar-refractivity contribution < 1.29 is 0 Å². The standard InChI is InChI=1S/C9H21N3/c1-4-5-8(2)12(3)7-6-9(10)11/h8H,4-7H2,1-3H3,(H3,10,11). The number of amidine groups is 1. The summed E-state index contributed by atoms with van der Waals surface area (Å²) in [4.78, 5) is 2.25. The Kier molecular flexibility index (Phi) is 5.72. The van der Waals surface area contributed by atoms with Crippen molar-refractivity contribution >= 4 is 5.84 Å². The summed E-state index contributed by atoms with van der Waals surface area (Å²) in [7, 11) is 2.09. The number of rotatable bonds is 6. The molecule has 1 atom stereocenters. The van der Waals surface area contributed by atoms with Gasteiger partial charge in [-0.15, -0.1) is 0 Å². The molecule has 12 heavy (non-hydrogen) atoms. The van der Waals surface area contributed by atoms with Crippen molar-refractivity contribution in [1.82, 2.24) is 4.90 Å². The molecule has 0 aliphatic carbocycles. The summed E-state index contributed by atoms with van der Waals surface area (Å²) in [5, 5.41) is 7.08. The van der Waals surface area contributed by atoms with E-state index in [0.717, 1.165) is 6.54 Å². The molecular weight excluding hydrogens is 150 g/mol. The number of nitrogens with zero attached hydrogens (tertiary/aromatic N) is 1. The number of nitrogens with two attached hydrogens (primary N) is 1. The van der Waals surface area contributed by atoms with Gasteiger partial charge in [0, 0.05) is 19.0 Å². The highest BCUT2D eigenvalue weighted by Crippen LogP contribution is 2.03. The summed E-state index contributed by atoms with van der Waals surface area (Å²) in [6.45, 7) is 5.30. The summed E-state index contributed by atoms with van der Waals surface area (Å²) < 4.78 is 0. The molecule has 0 saturated carbocycles. The molecule has 0 aliphatic heterocycles.